The van der Waals surface area contributed by atoms with Crippen LogP contribution in [0.3, 0.4) is 0 Å². The summed E-state index contributed by atoms with van der Waals surface area (Å²) in [4.78, 5) is 9.01. The molecule has 1 saturated carbocycles. The lowest BCUT2D eigenvalue weighted by Crippen LogP contribution is -2.46. The van der Waals surface area contributed by atoms with Gasteiger partial charge in [-0.25, -0.2) is 4.99 Å². The minimum absolute atomic E-state index is 0.167. The van der Waals surface area contributed by atoms with Crippen LogP contribution in [-0.4, -0.2) is 35.3 Å². The van der Waals surface area contributed by atoms with Gasteiger partial charge in [-0.3, -0.25) is 0 Å². The molecule has 27 heavy (non-hydrogen) atoms. The summed E-state index contributed by atoms with van der Waals surface area (Å²) in [5.74, 6) is 3.30. The van der Waals surface area contributed by atoms with Crippen LogP contribution < -0.4 is 10.6 Å². The Morgan fingerprint density at radius 3 is 2.63 bits per heavy atom. The summed E-state index contributed by atoms with van der Waals surface area (Å²) in [7, 11) is 0. The van der Waals surface area contributed by atoms with E-state index in [1.165, 1.54) is 32.1 Å². The first kappa shape index (κ1) is 21.7. The van der Waals surface area contributed by atoms with Crippen LogP contribution in [0.2, 0.25) is 0 Å². The minimum Gasteiger partial charge on any atom is -0.371 e. The average Bonchev–Trinajstić information content (AvgIpc) is 3.15. The largest absolute Gasteiger partial charge is 0.371 e. The van der Waals surface area contributed by atoms with Crippen molar-refractivity contribution in [3.8, 4) is 0 Å². The lowest BCUT2D eigenvalue weighted by Gasteiger charge is -2.32. The first-order chi connectivity index (χ1) is 13.0. The van der Waals surface area contributed by atoms with Crippen LogP contribution >= 0.6 is 0 Å². The molecule has 0 aromatic carbocycles. The highest BCUT2D eigenvalue weighted by Crippen LogP contribution is 2.31. The number of hydrogen-bond donors (Lipinski definition) is 2. The molecule has 1 aliphatic carbocycles. The molecule has 1 aliphatic rings. The molecule has 154 valence electrons. The molecular weight excluding hydrogens is 342 g/mol. The molecule has 0 amide bonds. The summed E-state index contributed by atoms with van der Waals surface area (Å²) in [5.41, 5.74) is 0. The number of hydrogen-bond acceptors (Lipinski definition) is 5. The van der Waals surface area contributed by atoms with Gasteiger partial charge in [0.2, 0.25) is 5.89 Å². The van der Waals surface area contributed by atoms with E-state index in [9.17, 15) is 0 Å². The second-order valence-corrected chi connectivity index (χ2v) is 7.53. The van der Waals surface area contributed by atoms with Crippen LogP contribution in [0.5, 0.6) is 0 Å². The SMILES string of the molecule is CCNC(=NCc1nc(C(C)OCC)no1)NC(C)C(C)C1CCCCC1. The van der Waals surface area contributed by atoms with Crippen molar-refractivity contribution in [1.29, 1.82) is 0 Å². The first-order valence-corrected chi connectivity index (χ1v) is 10.5. The Bertz CT molecular complexity index is 568. The number of aliphatic imine (C=N–C) groups is 1. The molecule has 2 rings (SSSR count). The highest BCUT2D eigenvalue weighted by atomic mass is 16.5. The summed E-state index contributed by atoms with van der Waals surface area (Å²) in [6.45, 7) is 12.3. The van der Waals surface area contributed by atoms with E-state index in [1.807, 2.05) is 13.8 Å². The molecule has 0 radical (unpaired) electrons. The molecule has 7 heteroatoms. The summed E-state index contributed by atoms with van der Waals surface area (Å²) in [6, 6.07) is 0.363. The van der Waals surface area contributed by atoms with E-state index in [0.29, 0.717) is 36.8 Å². The van der Waals surface area contributed by atoms with Gasteiger partial charge in [0.15, 0.2) is 11.8 Å². The zero-order valence-corrected chi connectivity index (χ0v) is 17.6. The Kier molecular flexibility index (Phi) is 9.04. The zero-order valence-electron chi connectivity index (χ0n) is 17.6. The molecule has 1 heterocycles. The maximum atomic E-state index is 5.50. The second kappa shape index (κ2) is 11.3. The first-order valence-electron chi connectivity index (χ1n) is 10.5. The number of aromatic nitrogens is 2. The normalized spacial score (nSPS) is 19.5. The van der Waals surface area contributed by atoms with Gasteiger partial charge in [0.1, 0.15) is 12.6 Å². The molecule has 2 N–H and O–H groups in total. The predicted octanol–water partition coefficient (Wildman–Crippen LogP) is 3.83. The monoisotopic (exact) mass is 379 g/mol. The van der Waals surface area contributed by atoms with Crippen LogP contribution in [0.15, 0.2) is 9.52 Å². The zero-order chi connectivity index (χ0) is 19.6. The number of nitrogens with zero attached hydrogens (tertiary/aromatic N) is 3. The van der Waals surface area contributed by atoms with E-state index in [1.54, 1.807) is 0 Å². The highest BCUT2D eigenvalue weighted by molar-refractivity contribution is 5.80. The fourth-order valence-corrected chi connectivity index (χ4v) is 3.70. The van der Waals surface area contributed by atoms with Gasteiger partial charge in [-0.15, -0.1) is 0 Å². The van der Waals surface area contributed by atoms with Crippen LogP contribution in [0.1, 0.15) is 84.5 Å². The summed E-state index contributed by atoms with van der Waals surface area (Å²) in [6.07, 6.45) is 6.67. The summed E-state index contributed by atoms with van der Waals surface area (Å²) >= 11 is 0. The summed E-state index contributed by atoms with van der Waals surface area (Å²) in [5, 5.41) is 10.9. The third-order valence-corrected chi connectivity index (χ3v) is 5.53. The van der Waals surface area contributed by atoms with Crippen molar-refractivity contribution in [2.45, 2.75) is 85.4 Å². The number of nitrogens with one attached hydrogen (secondary N) is 2. The Hall–Kier alpha value is -1.63. The standard InChI is InChI=1S/C20H37N5O2/c1-6-21-20(23-15(4)14(3)17-11-9-8-10-12-17)22-13-18-24-19(25-27-18)16(5)26-7-2/h14-17H,6-13H2,1-5H3,(H2,21,22,23). The Balaban J connectivity index is 1.93. The lowest BCUT2D eigenvalue weighted by molar-refractivity contribution is 0.0683. The Morgan fingerprint density at radius 2 is 1.96 bits per heavy atom. The summed E-state index contributed by atoms with van der Waals surface area (Å²) < 4.78 is 10.8. The maximum absolute atomic E-state index is 5.50. The van der Waals surface area contributed by atoms with Gasteiger partial charge < -0.3 is 19.9 Å². The van der Waals surface area contributed by atoms with Gasteiger partial charge in [-0.2, -0.15) is 4.98 Å². The van der Waals surface area contributed by atoms with Crippen LogP contribution in [-0.2, 0) is 11.3 Å². The van der Waals surface area contributed by atoms with Gasteiger partial charge in [0.25, 0.3) is 0 Å². The predicted molar refractivity (Wildman–Crippen MR) is 107 cm³/mol. The highest BCUT2D eigenvalue weighted by Gasteiger charge is 2.25. The molecule has 1 aromatic rings. The van der Waals surface area contributed by atoms with E-state index in [-0.39, 0.29) is 6.10 Å². The number of guanidine groups is 1. The topological polar surface area (TPSA) is 84.6 Å². The number of ether oxygens (including phenoxy) is 1. The molecule has 3 atom stereocenters. The Morgan fingerprint density at radius 1 is 1.22 bits per heavy atom. The van der Waals surface area contributed by atoms with Crippen molar-refractivity contribution in [3.05, 3.63) is 11.7 Å². The lowest BCUT2D eigenvalue weighted by atomic mass is 9.78. The van der Waals surface area contributed by atoms with Crippen molar-refractivity contribution >= 4 is 5.96 Å². The van der Waals surface area contributed by atoms with Crippen molar-refractivity contribution in [2.24, 2.45) is 16.8 Å². The van der Waals surface area contributed by atoms with Gasteiger partial charge in [-0.1, -0.05) is 44.2 Å². The number of rotatable bonds is 9. The van der Waals surface area contributed by atoms with Crippen LogP contribution in [0.4, 0.5) is 0 Å². The van der Waals surface area contributed by atoms with Crippen LogP contribution in [0, 0.1) is 11.8 Å². The average molecular weight is 380 g/mol. The van der Waals surface area contributed by atoms with Gasteiger partial charge in [-0.05, 0) is 39.5 Å². The third kappa shape index (κ3) is 6.79. The molecule has 7 nitrogen and oxygen atoms in total. The van der Waals surface area contributed by atoms with Gasteiger partial charge in [0, 0.05) is 19.2 Å². The van der Waals surface area contributed by atoms with E-state index >= 15 is 0 Å². The van der Waals surface area contributed by atoms with E-state index in [0.717, 1.165) is 18.4 Å². The molecule has 0 saturated heterocycles. The van der Waals surface area contributed by atoms with Crippen LogP contribution in [0.25, 0.3) is 0 Å². The van der Waals surface area contributed by atoms with E-state index in [2.05, 4.69) is 46.5 Å². The molecule has 1 aromatic heterocycles. The second-order valence-electron chi connectivity index (χ2n) is 7.53. The third-order valence-electron chi connectivity index (χ3n) is 5.53. The van der Waals surface area contributed by atoms with Crippen molar-refractivity contribution < 1.29 is 9.26 Å². The molecule has 0 bridgehead atoms. The molecule has 0 spiro atoms. The quantitative estimate of drug-likeness (QED) is 0.501. The van der Waals surface area contributed by atoms with E-state index in [4.69, 9.17) is 9.26 Å². The fourth-order valence-electron chi connectivity index (χ4n) is 3.70. The molecule has 1 fully saturated rings. The van der Waals surface area contributed by atoms with Crippen molar-refractivity contribution in [1.82, 2.24) is 20.8 Å². The smallest absolute Gasteiger partial charge is 0.248 e. The molecular formula is C20H37N5O2. The Labute approximate surface area is 163 Å². The van der Waals surface area contributed by atoms with Gasteiger partial charge >= 0.3 is 0 Å². The maximum Gasteiger partial charge on any atom is 0.248 e. The van der Waals surface area contributed by atoms with Gasteiger partial charge in [0.05, 0.1) is 0 Å². The van der Waals surface area contributed by atoms with Crippen molar-refractivity contribution in [2.75, 3.05) is 13.2 Å². The molecule has 3 unspecified atom stereocenters. The fraction of sp³-hybridized carbons (Fsp3) is 0.850. The molecule has 0 aliphatic heterocycles. The minimum atomic E-state index is -0.167. The van der Waals surface area contributed by atoms with E-state index < -0.39 is 0 Å². The van der Waals surface area contributed by atoms with Crippen molar-refractivity contribution in [3.63, 3.8) is 0 Å².